The molecule has 1 aromatic carbocycles. The van der Waals surface area contributed by atoms with Crippen LogP contribution >= 0.6 is 22.6 Å². The first-order valence-electron chi connectivity index (χ1n) is 5.33. The quantitative estimate of drug-likeness (QED) is 0.783. The Kier molecular flexibility index (Phi) is 3.11. The summed E-state index contributed by atoms with van der Waals surface area (Å²) in [5.74, 6) is 0.510. The molecule has 0 saturated carbocycles. The summed E-state index contributed by atoms with van der Waals surface area (Å²) in [7, 11) is 0. The molecule has 0 saturated heterocycles. The van der Waals surface area contributed by atoms with E-state index in [-0.39, 0.29) is 11.1 Å². The maximum absolute atomic E-state index is 11.9. The molecule has 1 aromatic heterocycles. The Morgan fingerprint density at radius 3 is 2.71 bits per heavy atom. The average molecular weight is 343 g/mol. The van der Waals surface area contributed by atoms with Crippen LogP contribution in [-0.4, -0.2) is 15.5 Å². The van der Waals surface area contributed by atoms with E-state index in [4.69, 9.17) is 0 Å². The largest absolute Gasteiger partial charge is 0.351 e. The SMILES string of the molecule is CC(C)(C)Nc1nc2ccc(I)cc2c(=O)[nH]1. The van der Waals surface area contributed by atoms with Gasteiger partial charge in [0, 0.05) is 9.11 Å². The van der Waals surface area contributed by atoms with Crippen molar-refractivity contribution in [2.75, 3.05) is 5.32 Å². The molecule has 0 bridgehead atoms. The van der Waals surface area contributed by atoms with Crippen molar-refractivity contribution >= 4 is 39.4 Å². The molecule has 0 atom stereocenters. The second-order valence-corrected chi connectivity index (χ2v) is 6.20. The van der Waals surface area contributed by atoms with Gasteiger partial charge in [-0.1, -0.05) is 0 Å². The third-order valence-corrected chi connectivity index (χ3v) is 2.83. The predicted octanol–water partition coefficient (Wildman–Crippen LogP) is 2.74. The summed E-state index contributed by atoms with van der Waals surface area (Å²) in [6.45, 7) is 6.06. The molecule has 17 heavy (non-hydrogen) atoms. The van der Waals surface area contributed by atoms with E-state index in [2.05, 4.69) is 37.9 Å². The molecule has 0 aliphatic carbocycles. The van der Waals surface area contributed by atoms with E-state index in [1.165, 1.54) is 0 Å². The van der Waals surface area contributed by atoms with Crippen molar-refractivity contribution in [2.24, 2.45) is 0 Å². The zero-order chi connectivity index (χ0) is 12.6. The van der Waals surface area contributed by atoms with Gasteiger partial charge in [-0.3, -0.25) is 9.78 Å². The topological polar surface area (TPSA) is 57.8 Å². The Labute approximate surface area is 113 Å². The Morgan fingerprint density at radius 2 is 2.06 bits per heavy atom. The second kappa shape index (κ2) is 4.29. The summed E-state index contributed by atoms with van der Waals surface area (Å²) in [5.41, 5.74) is 0.466. The number of fused-ring (bicyclic) bond motifs is 1. The number of H-pyrrole nitrogens is 1. The Balaban J connectivity index is 2.57. The first-order valence-corrected chi connectivity index (χ1v) is 6.41. The van der Waals surface area contributed by atoms with Gasteiger partial charge in [-0.15, -0.1) is 0 Å². The van der Waals surface area contributed by atoms with Crippen molar-refractivity contribution < 1.29 is 0 Å². The van der Waals surface area contributed by atoms with Crippen molar-refractivity contribution in [3.8, 4) is 0 Å². The Bertz CT molecular complexity index is 613. The van der Waals surface area contributed by atoms with E-state index < -0.39 is 0 Å². The summed E-state index contributed by atoms with van der Waals surface area (Å²) in [5, 5.41) is 3.78. The number of nitrogens with one attached hydrogen (secondary N) is 2. The zero-order valence-corrected chi connectivity index (χ0v) is 12.1. The van der Waals surface area contributed by atoms with Crippen molar-refractivity contribution in [2.45, 2.75) is 26.3 Å². The number of aromatic amines is 1. The first kappa shape index (κ1) is 12.3. The van der Waals surface area contributed by atoms with E-state index in [0.717, 1.165) is 3.57 Å². The molecule has 1 heterocycles. The molecule has 0 amide bonds. The van der Waals surface area contributed by atoms with Crippen molar-refractivity contribution in [3.05, 3.63) is 32.1 Å². The van der Waals surface area contributed by atoms with Gasteiger partial charge < -0.3 is 5.32 Å². The van der Waals surface area contributed by atoms with E-state index in [1.54, 1.807) is 0 Å². The Hall–Kier alpha value is -1.11. The molecule has 90 valence electrons. The number of hydrogen-bond donors (Lipinski definition) is 2. The van der Waals surface area contributed by atoms with Crippen LogP contribution < -0.4 is 10.9 Å². The van der Waals surface area contributed by atoms with E-state index in [9.17, 15) is 4.79 Å². The molecule has 2 aromatic rings. The maximum Gasteiger partial charge on any atom is 0.260 e. The summed E-state index contributed by atoms with van der Waals surface area (Å²) in [4.78, 5) is 19.0. The molecule has 0 aliphatic heterocycles. The van der Waals surface area contributed by atoms with Gasteiger partial charge in [0.25, 0.3) is 5.56 Å². The first-order chi connectivity index (χ1) is 7.85. The lowest BCUT2D eigenvalue weighted by molar-refractivity contribution is 0.626. The molecule has 0 aliphatic rings. The molecular weight excluding hydrogens is 329 g/mol. The van der Waals surface area contributed by atoms with Gasteiger partial charge in [-0.2, -0.15) is 0 Å². The van der Waals surface area contributed by atoms with Gasteiger partial charge in [0.15, 0.2) is 0 Å². The predicted molar refractivity (Wildman–Crippen MR) is 78.5 cm³/mol. The summed E-state index contributed by atoms with van der Waals surface area (Å²) in [6.07, 6.45) is 0. The second-order valence-electron chi connectivity index (χ2n) is 4.95. The van der Waals surface area contributed by atoms with Crippen LogP contribution in [0.3, 0.4) is 0 Å². The fraction of sp³-hybridized carbons (Fsp3) is 0.333. The lowest BCUT2D eigenvalue weighted by atomic mass is 10.1. The van der Waals surface area contributed by atoms with Gasteiger partial charge >= 0.3 is 0 Å². The lowest BCUT2D eigenvalue weighted by Crippen LogP contribution is -2.28. The van der Waals surface area contributed by atoms with Crippen molar-refractivity contribution in [3.63, 3.8) is 0 Å². The molecule has 0 spiro atoms. The van der Waals surface area contributed by atoms with Crippen LogP contribution in [0.2, 0.25) is 0 Å². The van der Waals surface area contributed by atoms with E-state index in [0.29, 0.717) is 16.9 Å². The minimum atomic E-state index is -0.132. The molecule has 4 nitrogen and oxygen atoms in total. The van der Waals surface area contributed by atoms with Gasteiger partial charge in [0.05, 0.1) is 10.9 Å². The van der Waals surface area contributed by atoms with Crippen molar-refractivity contribution in [1.29, 1.82) is 0 Å². The van der Waals surface area contributed by atoms with Gasteiger partial charge in [-0.05, 0) is 61.6 Å². The molecular formula is C12H14IN3O. The minimum Gasteiger partial charge on any atom is -0.351 e. The summed E-state index contributed by atoms with van der Waals surface area (Å²) >= 11 is 2.18. The number of rotatable bonds is 1. The van der Waals surface area contributed by atoms with Gasteiger partial charge in [0.1, 0.15) is 0 Å². The molecule has 0 radical (unpaired) electrons. The van der Waals surface area contributed by atoms with Crippen LogP contribution in [0.25, 0.3) is 10.9 Å². The minimum absolute atomic E-state index is 0.111. The normalized spacial score (nSPS) is 11.8. The Morgan fingerprint density at radius 1 is 1.35 bits per heavy atom. The van der Waals surface area contributed by atoms with E-state index in [1.807, 2.05) is 39.0 Å². The lowest BCUT2D eigenvalue weighted by Gasteiger charge is -2.20. The number of halogens is 1. The highest BCUT2D eigenvalue weighted by Crippen LogP contribution is 2.15. The number of hydrogen-bond acceptors (Lipinski definition) is 3. The summed E-state index contributed by atoms with van der Waals surface area (Å²) < 4.78 is 1.03. The van der Waals surface area contributed by atoms with Gasteiger partial charge in [0.2, 0.25) is 5.95 Å². The highest BCUT2D eigenvalue weighted by atomic mass is 127. The average Bonchev–Trinajstić information content (AvgIpc) is 2.17. The standard InChI is InChI=1S/C12H14IN3O/c1-12(2,3)16-11-14-9-5-4-7(13)6-8(9)10(17)15-11/h4-6H,1-3H3,(H2,14,15,16,17). The molecule has 0 unspecified atom stereocenters. The van der Waals surface area contributed by atoms with Crippen LogP contribution in [0, 0.1) is 3.57 Å². The highest BCUT2D eigenvalue weighted by Gasteiger charge is 2.12. The maximum atomic E-state index is 11.9. The number of benzene rings is 1. The zero-order valence-electron chi connectivity index (χ0n) is 9.97. The van der Waals surface area contributed by atoms with E-state index >= 15 is 0 Å². The third kappa shape index (κ3) is 2.96. The monoisotopic (exact) mass is 343 g/mol. The fourth-order valence-corrected chi connectivity index (χ4v) is 2.02. The van der Waals surface area contributed by atoms with Crippen LogP contribution in [0.1, 0.15) is 20.8 Å². The third-order valence-electron chi connectivity index (χ3n) is 2.16. The number of aromatic nitrogens is 2. The number of nitrogens with zero attached hydrogens (tertiary/aromatic N) is 1. The van der Waals surface area contributed by atoms with Crippen molar-refractivity contribution in [1.82, 2.24) is 9.97 Å². The number of anilines is 1. The van der Waals surface area contributed by atoms with Crippen LogP contribution in [0.5, 0.6) is 0 Å². The summed E-state index contributed by atoms with van der Waals surface area (Å²) in [6, 6.07) is 5.64. The highest BCUT2D eigenvalue weighted by molar-refractivity contribution is 14.1. The fourth-order valence-electron chi connectivity index (χ4n) is 1.53. The molecule has 0 fully saturated rings. The molecule has 5 heteroatoms. The van der Waals surface area contributed by atoms with Gasteiger partial charge in [-0.25, -0.2) is 4.98 Å². The molecule has 2 rings (SSSR count). The smallest absolute Gasteiger partial charge is 0.260 e. The van der Waals surface area contributed by atoms with Crippen LogP contribution in [0.4, 0.5) is 5.95 Å². The molecule has 2 N–H and O–H groups in total. The van der Waals surface area contributed by atoms with Crippen LogP contribution in [0.15, 0.2) is 23.0 Å². The van der Waals surface area contributed by atoms with Crippen LogP contribution in [-0.2, 0) is 0 Å².